The van der Waals surface area contributed by atoms with Gasteiger partial charge in [0.1, 0.15) is 24.5 Å². The summed E-state index contributed by atoms with van der Waals surface area (Å²) in [5.74, 6) is 1.77. The SMILES string of the molecule is Cc1ccc(OCCNc2ncnc3ccccc23)c(C)c1. The molecule has 3 rings (SSSR count). The van der Waals surface area contributed by atoms with Crippen molar-refractivity contribution in [2.75, 3.05) is 18.5 Å². The first-order valence-electron chi connectivity index (χ1n) is 7.38. The minimum atomic E-state index is 0.586. The van der Waals surface area contributed by atoms with Gasteiger partial charge in [-0.3, -0.25) is 0 Å². The third-order valence-corrected chi connectivity index (χ3v) is 3.53. The number of nitrogens with one attached hydrogen (secondary N) is 1. The van der Waals surface area contributed by atoms with E-state index in [0.29, 0.717) is 13.2 Å². The number of anilines is 1. The van der Waals surface area contributed by atoms with Crippen LogP contribution in [0.25, 0.3) is 10.9 Å². The van der Waals surface area contributed by atoms with Crippen LogP contribution in [0.4, 0.5) is 5.82 Å². The van der Waals surface area contributed by atoms with Crippen LogP contribution in [0.15, 0.2) is 48.8 Å². The molecule has 0 aliphatic heterocycles. The molecule has 2 aromatic carbocycles. The summed E-state index contributed by atoms with van der Waals surface area (Å²) in [6, 6.07) is 14.2. The Labute approximate surface area is 130 Å². The second-order valence-corrected chi connectivity index (χ2v) is 5.28. The highest BCUT2D eigenvalue weighted by atomic mass is 16.5. The zero-order valence-electron chi connectivity index (χ0n) is 12.8. The first-order valence-corrected chi connectivity index (χ1v) is 7.38. The van der Waals surface area contributed by atoms with Gasteiger partial charge in [0.25, 0.3) is 0 Å². The van der Waals surface area contributed by atoms with E-state index in [1.54, 1.807) is 6.33 Å². The molecule has 0 atom stereocenters. The normalized spacial score (nSPS) is 10.6. The van der Waals surface area contributed by atoms with E-state index in [9.17, 15) is 0 Å². The molecule has 3 aromatic rings. The summed E-state index contributed by atoms with van der Waals surface area (Å²) in [5, 5.41) is 4.34. The second-order valence-electron chi connectivity index (χ2n) is 5.28. The van der Waals surface area contributed by atoms with Crippen molar-refractivity contribution in [2.45, 2.75) is 13.8 Å². The van der Waals surface area contributed by atoms with Crippen molar-refractivity contribution in [3.8, 4) is 5.75 Å². The third kappa shape index (κ3) is 3.17. The van der Waals surface area contributed by atoms with Crippen molar-refractivity contribution in [2.24, 2.45) is 0 Å². The Morgan fingerprint density at radius 3 is 2.77 bits per heavy atom. The highest BCUT2D eigenvalue weighted by Crippen LogP contribution is 2.19. The molecule has 112 valence electrons. The van der Waals surface area contributed by atoms with Gasteiger partial charge in [-0.05, 0) is 37.6 Å². The van der Waals surface area contributed by atoms with Gasteiger partial charge in [-0.15, -0.1) is 0 Å². The molecule has 1 heterocycles. The van der Waals surface area contributed by atoms with Gasteiger partial charge in [0.15, 0.2) is 0 Å². The topological polar surface area (TPSA) is 47.0 Å². The highest BCUT2D eigenvalue weighted by Gasteiger charge is 2.03. The van der Waals surface area contributed by atoms with E-state index in [1.165, 1.54) is 5.56 Å². The lowest BCUT2D eigenvalue weighted by atomic mass is 10.1. The van der Waals surface area contributed by atoms with Crippen LogP contribution in [0.3, 0.4) is 0 Å². The molecule has 4 heteroatoms. The van der Waals surface area contributed by atoms with E-state index in [0.717, 1.165) is 28.0 Å². The van der Waals surface area contributed by atoms with E-state index in [2.05, 4.69) is 41.3 Å². The van der Waals surface area contributed by atoms with Gasteiger partial charge in [-0.25, -0.2) is 9.97 Å². The fourth-order valence-electron chi connectivity index (χ4n) is 2.44. The minimum absolute atomic E-state index is 0.586. The lowest BCUT2D eigenvalue weighted by molar-refractivity contribution is 0.330. The molecule has 0 spiro atoms. The van der Waals surface area contributed by atoms with Gasteiger partial charge in [-0.2, -0.15) is 0 Å². The van der Waals surface area contributed by atoms with Crippen molar-refractivity contribution < 1.29 is 4.74 Å². The minimum Gasteiger partial charge on any atom is -0.491 e. The van der Waals surface area contributed by atoms with Gasteiger partial charge < -0.3 is 10.1 Å². The van der Waals surface area contributed by atoms with E-state index in [1.807, 2.05) is 30.3 Å². The summed E-state index contributed by atoms with van der Waals surface area (Å²) in [6.07, 6.45) is 1.58. The van der Waals surface area contributed by atoms with E-state index >= 15 is 0 Å². The molecule has 4 nitrogen and oxygen atoms in total. The average molecular weight is 293 g/mol. The number of benzene rings is 2. The number of fused-ring (bicyclic) bond motifs is 1. The van der Waals surface area contributed by atoms with Gasteiger partial charge in [0, 0.05) is 5.39 Å². The van der Waals surface area contributed by atoms with Crippen LogP contribution in [0, 0.1) is 13.8 Å². The number of hydrogen-bond acceptors (Lipinski definition) is 4. The summed E-state index contributed by atoms with van der Waals surface area (Å²) in [6.45, 7) is 5.42. The molecule has 22 heavy (non-hydrogen) atoms. The van der Waals surface area contributed by atoms with Gasteiger partial charge in [0.2, 0.25) is 0 Å². The maximum Gasteiger partial charge on any atom is 0.137 e. The predicted octanol–water partition coefficient (Wildman–Crippen LogP) is 3.74. The molecule has 0 aliphatic carbocycles. The number of aromatic nitrogens is 2. The molecule has 1 aromatic heterocycles. The summed E-state index contributed by atoms with van der Waals surface area (Å²) >= 11 is 0. The summed E-state index contributed by atoms with van der Waals surface area (Å²) < 4.78 is 5.82. The zero-order chi connectivity index (χ0) is 15.4. The average Bonchev–Trinajstić information content (AvgIpc) is 2.53. The lowest BCUT2D eigenvalue weighted by Gasteiger charge is -2.11. The number of rotatable bonds is 5. The Morgan fingerprint density at radius 2 is 1.91 bits per heavy atom. The molecule has 0 aliphatic rings. The van der Waals surface area contributed by atoms with Crippen molar-refractivity contribution in [1.82, 2.24) is 9.97 Å². The fourth-order valence-corrected chi connectivity index (χ4v) is 2.44. The zero-order valence-corrected chi connectivity index (χ0v) is 12.8. The van der Waals surface area contributed by atoms with E-state index < -0.39 is 0 Å². The number of hydrogen-bond donors (Lipinski definition) is 1. The smallest absolute Gasteiger partial charge is 0.137 e. The van der Waals surface area contributed by atoms with Crippen LogP contribution >= 0.6 is 0 Å². The molecule has 0 saturated heterocycles. The second kappa shape index (κ2) is 6.43. The monoisotopic (exact) mass is 293 g/mol. The van der Waals surface area contributed by atoms with E-state index in [-0.39, 0.29) is 0 Å². The number of nitrogens with zero attached hydrogens (tertiary/aromatic N) is 2. The quantitative estimate of drug-likeness (QED) is 0.728. The van der Waals surface area contributed by atoms with Crippen molar-refractivity contribution in [3.05, 3.63) is 59.9 Å². The predicted molar refractivity (Wildman–Crippen MR) is 89.4 cm³/mol. The number of aryl methyl sites for hydroxylation is 2. The summed E-state index contributed by atoms with van der Waals surface area (Å²) in [5.41, 5.74) is 3.35. The fraction of sp³-hybridized carbons (Fsp3) is 0.222. The van der Waals surface area contributed by atoms with Gasteiger partial charge in [0.05, 0.1) is 12.1 Å². The van der Waals surface area contributed by atoms with Crippen LogP contribution in [0.5, 0.6) is 5.75 Å². The van der Waals surface area contributed by atoms with Gasteiger partial charge >= 0.3 is 0 Å². The first-order chi connectivity index (χ1) is 10.7. The molecule has 0 saturated carbocycles. The molecular weight excluding hydrogens is 274 g/mol. The van der Waals surface area contributed by atoms with Crippen LogP contribution in [-0.4, -0.2) is 23.1 Å². The van der Waals surface area contributed by atoms with Crippen LogP contribution in [0.2, 0.25) is 0 Å². The third-order valence-electron chi connectivity index (χ3n) is 3.53. The Hall–Kier alpha value is -2.62. The maximum absolute atomic E-state index is 5.82. The van der Waals surface area contributed by atoms with Crippen LogP contribution in [-0.2, 0) is 0 Å². The number of para-hydroxylation sites is 1. The molecule has 0 fully saturated rings. The van der Waals surface area contributed by atoms with Gasteiger partial charge in [-0.1, -0.05) is 29.8 Å². The van der Waals surface area contributed by atoms with Crippen molar-refractivity contribution >= 4 is 16.7 Å². The van der Waals surface area contributed by atoms with Crippen molar-refractivity contribution in [1.29, 1.82) is 0 Å². The summed E-state index contributed by atoms with van der Waals surface area (Å²) in [4.78, 5) is 8.56. The van der Waals surface area contributed by atoms with Crippen molar-refractivity contribution in [3.63, 3.8) is 0 Å². The van der Waals surface area contributed by atoms with E-state index in [4.69, 9.17) is 4.74 Å². The van der Waals surface area contributed by atoms with Crippen LogP contribution < -0.4 is 10.1 Å². The molecular formula is C18H19N3O. The molecule has 0 unspecified atom stereocenters. The highest BCUT2D eigenvalue weighted by molar-refractivity contribution is 5.88. The molecule has 0 bridgehead atoms. The summed E-state index contributed by atoms with van der Waals surface area (Å²) in [7, 11) is 0. The Balaban J connectivity index is 1.61. The number of ether oxygens (including phenoxy) is 1. The Bertz CT molecular complexity index is 781. The standard InChI is InChI=1S/C18H19N3O/c1-13-7-8-17(14(2)11-13)22-10-9-19-18-15-5-3-4-6-16(15)20-12-21-18/h3-8,11-12H,9-10H2,1-2H3,(H,19,20,21). The van der Waals surface area contributed by atoms with Crippen LogP contribution in [0.1, 0.15) is 11.1 Å². The maximum atomic E-state index is 5.82. The molecule has 0 radical (unpaired) electrons. The Morgan fingerprint density at radius 1 is 1.05 bits per heavy atom. The first kappa shape index (κ1) is 14.3. The Kier molecular flexibility index (Phi) is 4.19. The largest absolute Gasteiger partial charge is 0.491 e. The lowest BCUT2D eigenvalue weighted by Crippen LogP contribution is -2.13. The molecule has 0 amide bonds. The molecule has 1 N–H and O–H groups in total.